The number of ether oxygens (including phenoxy) is 1. The Kier molecular flexibility index (Phi) is 2.96. The molecule has 0 aliphatic heterocycles. The molecule has 74 valence electrons. The van der Waals surface area contributed by atoms with Crippen molar-refractivity contribution >= 4 is 12.3 Å². The Hall–Kier alpha value is -1.71. The number of carbonyl (C=O) groups excluding carboxylic acids is 2. The van der Waals surface area contributed by atoms with Gasteiger partial charge in [0, 0.05) is 0 Å². The molecule has 4 heteroatoms. The Bertz CT molecular complexity index is 385. The number of aryl methyl sites for hydroxylation is 1. The van der Waals surface area contributed by atoms with Crippen LogP contribution in [0, 0.1) is 12.7 Å². The SMILES string of the molecule is COC(=O)c1cc(C)c(F)c(C=O)c1. The van der Waals surface area contributed by atoms with Crippen molar-refractivity contribution in [2.24, 2.45) is 0 Å². The van der Waals surface area contributed by atoms with Gasteiger partial charge in [-0.3, -0.25) is 4.79 Å². The van der Waals surface area contributed by atoms with Crippen molar-refractivity contribution in [3.8, 4) is 0 Å². The summed E-state index contributed by atoms with van der Waals surface area (Å²) in [4.78, 5) is 21.5. The lowest BCUT2D eigenvalue weighted by Crippen LogP contribution is -2.04. The van der Waals surface area contributed by atoms with Crippen molar-refractivity contribution < 1.29 is 18.7 Å². The predicted molar refractivity (Wildman–Crippen MR) is 47.9 cm³/mol. The summed E-state index contributed by atoms with van der Waals surface area (Å²) in [5, 5.41) is 0. The van der Waals surface area contributed by atoms with Crippen LogP contribution in [0.25, 0.3) is 0 Å². The number of hydrogen-bond acceptors (Lipinski definition) is 3. The minimum atomic E-state index is -0.604. The standard InChI is InChI=1S/C10H9FO3/c1-6-3-7(10(13)14-2)4-8(5-12)9(6)11/h3-5H,1-2H3. The highest BCUT2D eigenvalue weighted by Gasteiger charge is 2.12. The van der Waals surface area contributed by atoms with E-state index in [0.29, 0.717) is 6.29 Å². The summed E-state index contributed by atoms with van der Waals surface area (Å²) >= 11 is 0. The number of benzene rings is 1. The molecule has 0 saturated heterocycles. The lowest BCUT2D eigenvalue weighted by molar-refractivity contribution is 0.0600. The van der Waals surface area contributed by atoms with E-state index in [1.54, 1.807) is 0 Å². The molecule has 1 rings (SSSR count). The van der Waals surface area contributed by atoms with Gasteiger partial charge < -0.3 is 4.74 Å². The van der Waals surface area contributed by atoms with Gasteiger partial charge in [0.2, 0.25) is 0 Å². The summed E-state index contributed by atoms with van der Waals surface area (Å²) < 4.78 is 17.6. The molecule has 0 saturated carbocycles. The average molecular weight is 196 g/mol. The molecule has 0 bridgehead atoms. The number of rotatable bonds is 2. The Labute approximate surface area is 80.5 Å². The highest BCUT2D eigenvalue weighted by molar-refractivity contribution is 5.92. The largest absolute Gasteiger partial charge is 0.465 e. The summed E-state index contributed by atoms with van der Waals surface area (Å²) in [6, 6.07) is 2.51. The van der Waals surface area contributed by atoms with Crippen LogP contribution >= 0.6 is 0 Å². The molecule has 0 unspecified atom stereocenters. The van der Waals surface area contributed by atoms with E-state index in [1.807, 2.05) is 0 Å². The molecule has 0 spiro atoms. The zero-order valence-electron chi connectivity index (χ0n) is 7.83. The van der Waals surface area contributed by atoms with Crippen molar-refractivity contribution in [3.63, 3.8) is 0 Å². The van der Waals surface area contributed by atoms with Crippen LogP contribution in [-0.4, -0.2) is 19.4 Å². The van der Waals surface area contributed by atoms with E-state index in [2.05, 4.69) is 4.74 Å². The molecule has 0 atom stereocenters. The number of carbonyl (C=O) groups is 2. The molecular weight excluding hydrogens is 187 g/mol. The van der Waals surface area contributed by atoms with Gasteiger partial charge in [0.15, 0.2) is 6.29 Å². The van der Waals surface area contributed by atoms with Crippen LogP contribution < -0.4 is 0 Å². The van der Waals surface area contributed by atoms with Gasteiger partial charge in [-0.1, -0.05) is 0 Å². The molecule has 14 heavy (non-hydrogen) atoms. The molecule has 0 radical (unpaired) electrons. The fourth-order valence-electron chi connectivity index (χ4n) is 1.12. The zero-order valence-corrected chi connectivity index (χ0v) is 7.83. The molecule has 0 N–H and O–H groups in total. The molecule has 1 aromatic carbocycles. The van der Waals surface area contributed by atoms with Crippen molar-refractivity contribution in [2.45, 2.75) is 6.92 Å². The predicted octanol–water partition coefficient (Wildman–Crippen LogP) is 1.73. The van der Waals surface area contributed by atoms with E-state index in [9.17, 15) is 14.0 Å². The minimum Gasteiger partial charge on any atom is -0.465 e. The van der Waals surface area contributed by atoms with Crippen LogP contribution in [0.1, 0.15) is 26.3 Å². The summed E-state index contributed by atoms with van der Waals surface area (Å²) in [5.74, 6) is -1.19. The highest BCUT2D eigenvalue weighted by Crippen LogP contribution is 2.14. The maximum Gasteiger partial charge on any atom is 0.337 e. The Morgan fingerprint density at radius 3 is 2.64 bits per heavy atom. The normalized spacial score (nSPS) is 9.64. The van der Waals surface area contributed by atoms with Crippen LogP contribution in [0.4, 0.5) is 4.39 Å². The lowest BCUT2D eigenvalue weighted by Gasteiger charge is -2.03. The second-order valence-electron chi connectivity index (χ2n) is 2.81. The highest BCUT2D eigenvalue weighted by atomic mass is 19.1. The number of aldehydes is 1. The summed E-state index contributed by atoms with van der Waals surface area (Å²) in [7, 11) is 1.22. The molecule has 3 nitrogen and oxygen atoms in total. The summed E-state index contributed by atoms with van der Waals surface area (Å²) in [6.45, 7) is 1.48. The van der Waals surface area contributed by atoms with E-state index in [4.69, 9.17) is 0 Å². The summed E-state index contributed by atoms with van der Waals surface area (Å²) in [6.07, 6.45) is 0.370. The van der Waals surface area contributed by atoms with E-state index in [1.165, 1.54) is 26.2 Å². The Balaban J connectivity index is 3.29. The van der Waals surface area contributed by atoms with Gasteiger partial charge in [0.1, 0.15) is 5.82 Å². The first-order valence-corrected chi connectivity index (χ1v) is 3.93. The first kappa shape index (κ1) is 10.4. The van der Waals surface area contributed by atoms with Crippen molar-refractivity contribution in [1.82, 2.24) is 0 Å². The number of halogens is 1. The Morgan fingerprint density at radius 1 is 1.50 bits per heavy atom. The third-order valence-electron chi connectivity index (χ3n) is 1.83. The second kappa shape index (κ2) is 4.00. The van der Waals surface area contributed by atoms with Crippen LogP contribution in [0.3, 0.4) is 0 Å². The Morgan fingerprint density at radius 2 is 2.14 bits per heavy atom. The third-order valence-corrected chi connectivity index (χ3v) is 1.83. The van der Waals surface area contributed by atoms with Crippen LogP contribution in [-0.2, 0) is 4.74 Å². The first-order chi connectivity index (χ1) is 6.60. The summed E-state index contributed by atoms with van der Waals surface area (Å²) in [5.41, 5.74) is 0.286. The van der Waals surface area contributed by atoms with Crippen molar-refractivity contribution in [3.05, 3.63) is 34.6 Å². The minimum absolute atomic E-state index is 0.134. The fraction of sp³-hybridized carbons (Fsp3) is 0.200. The van der Waals surface area contributed by atoms with E-state index < -0.39 is 11.8 Å². The number of esters is 1. The van der Waals surface area contributed by atoms with Gasteiger partial charge in [-0.15, -0.1) is 0 Å². The lowest BCUT2D eigenvalue weighted by atomic mass is 10.1. The number of methoxy groups -OCH3 is 1. The first-order valence-electron chi connectivity index (χ1n) is 3.93. The zero-order chi connectivity index (χ0) is 10.7. The quantitative estimate of drug-likeness (QED) is 0.534. The van der Waals surface area contributed by atoms with E-state index in [0.717, 1.165) is 0 Å². The molecular formula is C10H9FO3. The average Bonchev–Trinajstić information content (AvgIpc) is 2.20. The van der Waals surface area contributed by atoms with Crippen LogP contribution in [0.15, 0.2) is 12.1 Å². The van der Waals surface area contributed by atoms with Gasteiger partial charge >= 0.3 is 5.97 Å². The molecule has 0 aromatic heterocycles. The van der Waals surface area contributed by atoms with Crippen molar-refractivity contribution in [2.75, 3.05) is 7.11 Å². The molecule has 1 aromatic rings. The van der Waals surface area contributed by atoms with Crippen molar-refractivity contribution in [1.29, 1.82) is 0 Å². The monoisotopic (exact) mass is 196 g/mol. The molecule has 0 heterocycles. The van der Waals surface area contributed by atoms with E-state index >= 15 is 0 Å². The fourth-order valence-corrected chi connectivity index (χ4v) is 1.12. The molecule has 0 aliphatic carbocycles. The molecule has 0 aliphatic rings. The van der Waals surface area contributed by atoms with Gasteiger partial charge in [-0.05, 0) is 24.6 Å². The van der Waals surface area contributed by atoms with Gasteiger partial charge in [-0.25, -0.2) is 9.18 Å². The topological polar surface area (TPSA) is 43.4 Å². The molecule has 0 amide bonds. The smallest absolute Gasteiger partial charge is 0.337 e. The van der Waals surface area contributed by atoms with Crippen LogP contribution in [0.2, 0.25) is 0 Å². The maximum absolute atomic E-state index is 13.2. The maximum atomic E-state index is 13.2. The van der Waals surface area contributed by atoms with Gasteiger partial charge in [0.25, 0.3) is 0 Å². The van der Waals surface area contributed by atoms with Gasteiger partial charge in [0.05, 0.1) is 18.2 Å². The van der Waals surface area contributed by atoms with E-state index in [-0.39, 0.29) is 16.7 Å². The second-order valence-corrected chi connectivity index (χ2v) is 2.81. The number of hydrogen-bond donors (Lipinski definition) is 0. The molecule has 0 fully saturated rings. The van der Waals surface area contributed by atoms with Gasteiger partial charge in [-0.2, -0.15) is 0 Å². The van der Waals surface area contributed by atoms with Crippen LogP contribution in [0.5, 0.6) is 0 Å². The third kappa shape index (κ3) is 1.79.